The zero-order chi connectivity index (χ0) is 16.0. The minimum Gasteiger partial charge on any atom is -0.488 e. The first kappa shape index (κ1) is 19.6. The lowest BCUT2D eigenvalue weighted by Gasteiger charge is -2.31. The van der Waals surface area contributed by atoms with Crippen LogP contribution in [0.5, 0.6) is 5.75 Å². The molecule has 0 saturated carbocycles. The van der Waals surface area contributed by atoms with Gasteiger partial charge in [-0.1, -0.05) is 12.1 Å². The van der Waals surface area contributed by atoms with Gasteiger partial charge in [-0.25, -0.2) is 8.78 Å². The number of nitrogens with one attached hydrogen (secondary N) is 1. The smallest absolute Gasteiger partial charge is 0.272 e. The molecule has 1 heterocycles. The second kappa shape index (κ2) is 9.00. The van der Waals surface area contributed by atoms with Crippen LogP contribution in [0.15, 0.2) is 24.3 Å². The summed E-state index contributed by atoms with van der Waals surface area (Å²) in [7, 11) is 0. The standard InChI is InChI=1S/C15H20F2N2O3.ClH/c16-13(17)10-22-12-3-1-2-11(8-12)9-19-14(20)15(18)4-6-21-7-5-15;/h1-3,8,13H,4-7,9-10,18H2,(H,19,20);1H. The molecule has 1 aliphatic rings. The Morgan fingerprint density at radius 2 is 2.09 bits per heavy atom. The fourth-order valence-electron chi connectivity index (χ4n) is 2.23. The van der Waals surface area contributed by atoms with E-state index >= 15 is 0 Å². The van der Waals surface area contributed by atoms with Gasteiger partial charge in [0.05, 0.1) is 5.54 Å². The summed E-state index contributed by atoms with van der Waals surface area (Å²) in [5.41, 5.74) is 5.94. The van der Waals surface area contributed by atoms with Crippen molar-refractivity contribution in [3.8, 4) is 5.75 Å². The molecule has 3 N–H and O–H groups in total. The van der Waals surface area contributed by atoms with E-state index in [0.717, 1.165) is 5.56 Å². The molecular formula is C15H21ClF2N2O3. The van der Waals surface area contributed by atoms with Crippen LogP contribution in [0.2, 0.25) is 0 Å². The van der Waals surface area contributed by atoms with Crippen LogP contribution in [0, 0.1) is 0 Å². The molecule has 1 aromatic rings. The Hall–Kier alpha value is -1.44. The number of hydrogen-bond donors (Lipinski definition) is 2. The SMILES string of the molecule is Cl.NC1(C(=O)NCc2cccc(OCC(F)F)c2)CCOCC1. The summed E-state index contributed by atoms with van der Waals surface area (Å²) < 4.78 is 34.4. The second-order valence-corrected chi connectivity index (χ2v) is 5.30. The van der Waals surface area contributed by atoms with Crippen molar-refractivity contribution in [1.29, 1.82) is 0 Å². The lowest BCUT2D eigenvalue weighted by Crippen LogP contribution is -2.56. The molecule has 1 aromatic carbocycles. The van der Waals surface area contributed by atoms with Crippen LogP contribution in [0.1, 0.15) is 18.4 Å². The van der Waals surface area contributed by atoms with Gasteiger partial charge in [-0.3, -0.25) is 4.79 Å². The number of carbonyl (C=O) groups is 1. The van der Waals surface area contributed by atoms with Crippen molar-refractivity contribution in [1.82, 2.24) is 5.32 Å². The van der Waals surface area contributed by atoms with Gasteiger partial charge in [0, 0.05) is 19.8 Å². The fourth-order valence-corrected chi connectivity index (χ4v) is 2.23. The molecule has 0 atom stereocenters. The van der Waals surface area contributed by atoms with Gasteiger partial charge in [0.25, 0.3) is 6.43 Å². The van der Waals surface area contributed by atoms with Crippen molar-refractivity contribution < 1.29 is 23.0 Å². The van der Waals surface area contributed by atoms with Crippen LogP contribution in [-0.2, 0) is 16.1 Å². The normalized spacial score (nSPS) is 16.5. The Labute approximate surface area is 139 Å². The highest BCUT2D eigenvalue weighted by molar-refractivity contribution is 5.86. The van der Waals surface area contributed by atoms with Gasteiger partial charge in [-0.15, -0.1) is 12.4 Å². The van der Waals surface area contributed by atoms with Gasteiger partial charge < -0.3 is 20.5 Å². The summed E-state index contributed by atoms with van der Waals surface area (Å²) in [6.45, 7) is 0.563. The molecule has 0 radical (unpaired) electrons. The average Bonchev–Trinajstić information content (AvgIpc) is 2.51. The number of nitrogens with two attached hydrogens (primary N) is 1. The van der Waals surface area contributed by atoms with Crippen LogP contribution < -0.4 is 15.8 Å². The third-order valence-corrected chi connectivity index (χ3v) is 3.56. The van der Waals surface area contributed by atoms with E-state index in [1.165, 1.54) is 0 Å². The lowest BCUT2D eigenvalue weighted by atomic mass is 9.90. The van der Waals surface area contributed by atoms with Crippen molar-refractivity contribution in [3.05, 3.63) is 29.8 Å². The van der Waals surface area contributed by atoms with Crippen LogP contribution in [0.4, 0.5) is 8.78 Å². The second-order valence-electron chi connectivity index (χ2n) is 5.30. The van der Waals surface area contributed by atoms with E-state index in [1.54, 1.807) is 24.3 Å². The molecule has 23 heavy (non-hydrogen) atoms. The summed E-state index contributed by atoms with van der Waals surface area (Å²) in [6, 6.07) is 6.68. The monoisotopic (exact) mass is 350 g/mol. The molecule has 5 nitrogen and oxygen atoms in total. The molecule has 1 amide bonds. The van der Waals surface area contributed by atoms with E-state index in [-0.39, 0.29) is 24.9 Å². The Kier molecular flexibility index (Phi) is 7.67. The Morgan fingerprint density at radius 3 is 2.74 bits per heavy atom. The molecule has 0 spiro atoms. The van der Waals surface area contributed by atoms with E-state index in [9.17, 15) is 13.6 Å². The number of rotatable bonds is 6. The predicted molar refractivity (Wildman–Crippen MR) is 84.0 cm³/mol. The van der Waals surface area contributed by atoms with E-state index in [0.29, 0.717) is 31.8 Å². The van der Waals surface area contributed by atoms with Gasteiger partial charge in [-0.05, 0) is 30.5 Å². The lowest BCUT2D eigenvalue weighted by molar-refractivity contribution is -0.129. The molecule has 2 rings (SSSR count). The number of halogens is 3. The highest BCUT2D eigenvalue weighted by atomic mass is 35.5. The first-order chi connectivity index (χ1) is 10.5. The zero-order valence-electron chi connectivity index (χ0n) is 12.6. The quantitative estimate of drug-likeness (QED) is 0.821. The Bertz CT molecular complexity index is 511. The van der Waals surface area contributed by atoms with Crippen LogP contribution in [0.3, 0.4) is 0 Å². The number of alkyl halides is 2. The average molecular weight is 351 g/mol. The number of carbonyl (C=O) groups excluding carboxylic acids is 1. The van der Waals surface area contributed by atoms with Crippen molar-refractivity contribution in [3.63, 3.8) is 0 Å². The highest BCUT2D eigenvalue weighted by Crippen LogP contribution is 2.18. The maximum Gasteiger partial charge on any atom is 0.272 e. The number of benzene rings is 1. The van der Waals surface area contributed by atoms with Crippen molar-refractivity contribution in [2.24, 2.45) is 5.73 Å². The van der Waals surface area contributed by atoms with Gasteiger partial charge in [-0.2, -0.15) is 0 Å². The summed E-state index contributed by atoms with van der Waals surface area (Å²) in [6.07, 6.45) is -1.55. The summed E-state index contributed by atoms with van der Waals surface area (Å²) in [5, 5.41) is 2.78. The number of amides is 1. The first-order valence-electron chi connectivity index (χ1n) is 7.14. The predicted octanol–water partition coefficient (Wildman–Crippen LogP) is 1.88. The van der Waals surface area contributed by atoms with Crippen molar-refractivity contribution >= 4 is 18.3 Å². The number of hydrogen-bond acceptors (Lipinski definition) is 4. The molecule has 1 aliphatic heterocycles. The maximum absolute atomic E-state index is 12.2. The zero-order valence-corrected chi connectivity index (χ0v) is 13.4. The third-order valence-electron chi connectivity index (χ3n) is 3.56. The van der Waals surface area contributed by atoms with Gasteiger partial charge >= 0.3 is 0 Å². The molecular weight excluding hydrogens is 330 g/mol. The Balaban J connectivity index is 0.00000264. The van der Waals surface area contributed by atoms with E-state index in [2.05, 4.69) is 5.32 Å². The summed E-state index contributed by atoms with van der Waals surface area (Å²) >= 11 is 0. The van der Waals surface area contributed by atoms with Crippen molar-refractivity contribution in [2.75, 3.05) is 19.8 Å². The minimum absolute atomic E-state index is 0. The van der Waals surface area contributed by atoms with E-state index in [4.69, 9.17) is 15.2 Å². The molecule has 8 heteroatoms. The molecule has 1 saturated heterocycles. The highest BCUT2D eigenvalue weighted by Gasteiger charge is 2.35. The van der Waals surface area contributed by atoms with E-state index in [1.807, 2.05) is 0 Å². The molecule has 0 unspecified atom stereocenters. The summed E-state index contributed by atoms with van der Waals surface area (Å²) in [5.74, 6) is 0.121. The van der Waals surface area contributed by atoms with Gasteiger partial charge in [0.1, 0.15) is 12.4 Å². The molecule has 0 bridgehead atoms. The van der Waals surface area contributed by atoms with Crippen LogP contribution >= 0.6 is 12.4 Å². The van der Waals surface area contributed by atoms with E-state index < -0.39 is 18.6 Å². The summed E-state index contributed by atoms with van der Waals surface area (Å²) in [4.78, 5) is 12.2. The fraction of sp³-hybridized carbons (Fsp3) is 0.533. The first-order valence-corrected chi connectivity index (χ1v) is 7.14. The Morgan fingerprint density at radius 1 is 1.39 bits per heavy atom. The van der Waals surface area contributed by atoms with Crippen LogP contribution in [0.25, 0.3) is 0 Å². The molecule has 130 valence electrons. The molecule has 0 aromatic heterocycles. The molecule has 0 aliphatic carbocycles. The molecule has 1 fully saturated rings. The third kappa shape index (κ3) is 5.93. The topological polar surface area (TPSA) is 73.6 Å². The van der Waals surface area contributed by atoms with Gasteiger partial charge in [0.2, 0.25) is 5.91 Å². The number of ether oxygens (including phenoxy) is 2. The minimum atomic E-state index is -2.52. The largest absolute Gasteiger partial charge is 0.488 e. The van der Waals surface area contributed by atoms with Gasteiger partial charge in [0.15, 0.2) is 0 Å². The van der Waals surface area contributed by atoms with Crippen LogP contribution in [-0.4, -0.2) is 37.7 Å². The maximum atomic E-state index is 12.2. The van der Waals surface area contributed by atoms with Crippen molar-refractivity contribution in [2.45, 2.75) is 31.4 Å².